The summed E-state index contributed by atoms with van der Waals surface area (Å²) in [7, 11) is 1.53. The van der Waals surface area contributed by atoms with Gasteiger partial charge in [-0.3, -0.25) is 4.79 Å². The summed E-state index contributed by atoms with van der Waals surface area (Å²) in [4.78, 5) is 29.1. The van der Waals surface area contributed by atoms with Crippen molar-refractivity contribution < 1.29 is 23.8 Å². The molecule has 1 heterocycles. The van der Waals surface area contributed by atoms with Crippen LogP contribution in [-0.2, 0) is 22.6 Å². The largest absolute Gasteiger partial charge is 0.493 e. The van der Waals surface area contributed by atoms with Crippen molar-refractivity contribution in [3.63, 3.8) is 0 Å². The number of carbonyl (C=O) groups excluding carboxylic acids is 2. The van der Waals surface area contributed by atoms with E-state index in [1.165, 1.54) is 18.4 Å². The average Bonchev–Trinajstić information content (AvgIpc) is 3.26. The molecule has 3 rings (SSSR count). The van der Waals surface area contributed by atoms with E-state index in [-0.39, 0.29) is 18.9 Å². The zero-order valence-electron chi connectivity index (χ0n) is 19.1. The maximum Gasteiger partial charge on any atom is 0.338 e. The number of anilines is 1. The van der Waals surface area contributed by atoms with E-state index in [0.717, 1.165) is 24.1 Å². The number of hydrogen-bond acceptors (Lipinski definition) is 7. The zero-order valence-corrected chi connectivity index (χ0v) is 19.9. The molecule has 0 unspecified atom stereocenters. The lowest BCUT2D eigenvalue weighted by Crippen LogP contribution is -2.14. The average molecular weight is 469 g/mol. The lowest BCUT2D eigenvalue weighted by atomic mass is 10.2. The number of rotatable bonds is 11. The molecule has 0 fully saturated rings. The van der Waals surface area contributed by atoms with Gasteiger partial charge in [-0.1, -0.05) is 31.0 Å². The number of methoxy groups -OCH3 is 1. The predicted molar refractivity (Wildman–Crippen MR) is 128 cm³/mol. The Morgan fingerprint density at radius 3 is 2.61 bits per heavy atom. The van der Waals surface area contributed by atoms with Crippen LogP contribution < -0.4 is 14.8 Å². The van der Waals surface area contributed by atoms with Gasteiger partial charge in [-0.15, -0.1) is 11.3 Å². The maximum atomic E-state index is 12.5. The Morgan fingerprint density at radius 2 is 1.88 bits per heavy atom. The summed E-state index contributed by atoms with van der Waals surface area (Å²) in [6.45, 7) is 4.69. The van der Waals surface area contributed by atoms with Crippen LogP contribution in [0.25, 0.3) is 0 Å². The van der Waals surface area contributed by atoms with Crippen LogP contribution in [0.15, 0.2) is 47.8 Å². The van der Waals surface area contributed by atoms with Crippen LogP contribution in [0.5, 0.6) is 11.5 Å². The molecule has 0 saturated carbocycles. The molecule has 0 bridgehead atoms. The second kappa shape index (κ2) is 12.0. The van der Waals surface area contributed by atoms with Gasteiger partial charge in [-0.25, -0.2) is 9.78 Å². The van der Waals surface area contributed by atoms with Crippen molar-refractivity contribution in [1.82, 2.24) is 4.98 Å². The van der Waals surface area contributed by atoms with Gasteiger partial charge in [-0.2, -0.15) is 0 Å². The number of aryl methyl sites for hydroxylation is 1. The highest BCUT2D eigenvalue weighted by atomic mass is 32.1. The van der Waals surface area contributed by atoms with E-state index >= 15 is 0 Å². The van der Waals surface area contributed by atoms with Gasteiger partial charge in [0.25, 0.3) is 0 Å². The Balaban J connectivity index is 1.51. The minimum atomic E-state index is -0.486. The number of unbranched alkanes of at least 4 members (excludes halogenated alkanes) is 1. The van der Waals surface area contributed by atoms with Gasteiger partial charge in [0, 0.05) is 11.1 Å². The number of aromatic nitrogens is 1. The van der Waals surface area contributed by atoms with Crippen LogP contribution in [0.2, 0.25) is 0 Å². The van der Waals surface area contributed by atoms with Crippen LogP contribution in [0.4, 0.5) is 5.69 Å². The van der Waals surface area contributed by atoms with E-state index in [1.54, 1.807) is 23.6 Å². The number of esters is 1. The van der Waals surface area contributed by atoms with Gasteiger partial charge in [0.2, 0.25) is 5.91 Å². The standard InChI is InChI=1S/C25H28N2O5S/c1-4-5-12-31-21-11-8-18(13-22(21)30-3)25(29)32-15-20-16-33-24(27-20)14-23(28)26-19-9-6-17(2)7-10-19/h6-11,13,16H,4-5,12,14-15H2,1-3H3,(H,26,28). The highest BCUT2D eigenvalue weighted by Gasteiger charge is 2.14. The van der Waals surface area contributed by atoms with Crippen molar-refractivity contribution in [2.75, 3.05) is 19.0 Å². The molecule has 2 aromatic carbocycles. The number of amides is 1. The fraction of sp³-hybridized carbons (Fsp3) is 0.320. The predicted octanol–water partition coefficient (Wildman–Crippen LogP) is 5.18. The summed E-state index contributed by atoms with van der Waals surface area (Å²) in [5.74, 6) is 0.441. The van der Waals surface area contributed by atoms with Gasteiger partial charge >= 0.3 is 5.97 Å². The summed E-state index contributed by atoms with van der Waals surface area (Å²) in [5.41, 5.74) is 2.83. The van der Waals surface area contributed by atoms with E-state index in [1.807, 2.05) is 31.2 Å². The smallest absolute Gasteiger partial charge is 0.338 e. The minimum absolute atomic E-state index is 0.0198. The summed E-state index contributed by atoms with van der Waals surface area (Å²) in [6, 6.07) is 12.6. The summed E-state index contributed by atoms with van der Waals surface area (Å²) >= 11 is 1.36. The van der Waals surface area contributed by atoms with E-state index in [0.29, 0.717) is 34.4 Å². The number of ether oxygens (including phenoxy) is 3. The molecule has 0 atom stereocenters. The molecule has 0 aliphatic rings. The molecule has 0 aliphatic carbocycles. The summed E-state index contributed by atoms with van der Waals surface area (Å²) in [6.07, 6.45) is 2.13. The molecular formula is C25H28N2O5S. The molecule has 1 N–H and O–H groups in total. The fourth-order valence-corrected chi connectivity index (χ4v) is 3.72. The lowest BCUT2D eigenvalue weighted by Gasteiger charge is -2.11. The molecule has 7 nitrogen and oxygen atoms in total. The van der Waals surface area contributed by atoms with Crippen molar-refractivity contribution >= 4 is 28.9 Å². The van der Waals surface area contributed by atoms with Gasteiger partial charge in [0.1, 0.15) is 11.6 Å². The second-order valence-corrected chi connectivity index (χ2v) is 8.41. The van der Waals surface area contributed by atoms with Crippen molar-refractivity contribution in [1.29, 1.82) is 0 Å². The van der Waals surface area contributed by atoms with Crippen LogP contribution in [0.3, 0.4) is 0 Å². The molecule has 174 valence electrons. The van der Waals surface area contributed by atoms with E-state index in [9.17, 15) is 9.59 Å². The van der Waals surface area contributed by atoms with Crippen LogP contribution in [0, 0.1) is 6.92 Å². The first-order chi connectivity index (χ1) is 16.0. The fourth-order valence-electron chi connectivity index (χ4n) is 2.94. The van der Waals surface area contributed by atoms with Gasteiger partial charge in [-0.05, 0) is 43.7 Å². The van der Waals surface area contributed by atoms with Crippen molar-refractivity contribution in [2.24, 2.45) is 0 Å². The molecule has 0 saturated heterocycles. The molecule has 8 heteroatoms. The Morgan fingerprint density at radius 1 is 1.09 bits per heavy atom. The van der Waals surface area contributed by atoms with Gasteiger partial charge in [0.15, 0.2) is 11.5 Å². The van der Waals surface area contributed by atoms with Gasteiger partial charge < -0.3 is 19.5 Å². The molecule has 3 aromatic rings. The first-order valence-electron chi connectivity index (χ1n) is 10.8. The van der Waals surface area contributed by atoms with Crippen LogP contribution in [-0.4, -0.2) is 30.6 Å². The lowest BCUT2D eigenvalue weighted by molar-refractivity contribution is -0.115. The Kier molecular flexibility index (Phi) is 8.83. The third-order valence-corrected chi connectivity index (χ3v) is 5.65. The van der Waals surface area contributed by atoms with E-state index in [2.05, 4.69) is 17.2 Å². The monoisotopic (exact) mass is 468 g/mol. The molecule has 0 radical (unpaired) electrons. The third-order valence-electron chi connectivity index (χ3n) is 4.75. The number of thiazole rings is 1. The Hall–Kier alpha value is -3.39. The second-order valence-electron chi connectivity index (χ2n) is 7.47. The number of nitrogens with zero attached hydrogens (tertiary/aromatic N) is 1. The normalized spacial score (nSPS) is 10.5. The summed E-state index contributed by atoms with van der Waals surface area (Å²) < 4.78 is 16.4. The zero-order chi connectivity index (χ0) is 23.6. The van der Waals surface area contributed by atoms with E-state index < -0.39 is 5.97 Å². The summed E-state index contributed by atoms with van der Waals surface area (Å²) in [5, 5.41) is 5.29. The highest BCUT2D eigenvalue weighted by molar-refractivity contribution is 7.09. The molecule has 0 spiro atoms. The minimum Gasteiger partial charge on any atom is -0.493 e. The number of hydrogen-bond donors (Lipinski definition) is 1. The van der Waals surface area contributed by atoms with E-state index in [4.69, 9.17) is 14.2 Å². The first kappa shape index (κ1) is 24.3. The van der Waals surface area contributed by atoms with Crippen molar-refractivity contribution in [3.8, 4) is 11.5 Å². The van der Waals surface area contributed by atoms with Crippen LogP contribution >= 0.6 is 11.3 Å². The first-order valence-corrected chi connectivity index (χ1v) is 11.6. The topological polar surface area (TPSA) is 86.8 Å². The van der Waals surface area contributed by atoms with Crippen LogP contribution in [0.1, 0.15) is 46.4 Å². The number of carbonyl (C=O) groups is 2. The number of nitrogens with one attached hydrogen (secondary N) is 1. The molecule has 1 aromatic heterocycles. The molecule has 0 aliphatic heterocycles. The Labute approximate surface area is 197 Å². The SMILES string of the molecule is CCCCOc1ccc(C(=O)OCc2csc(CC(=O)Nc3ccc(C)cc3)n2)cc1OC. The third kappa shape index (κ3) is 7.32. The Bertz CT molecular complexity index is 1080. The van der Waals surface area contributed by atoms with Crippen molar-refractivity contribution in [3.05, 3.63) is 69.7 Å². The maximum absolute atomic E-state index is 12.5. The quantitative estimate of drug-likeness (QED) is 0.308. The molecular weight excluding hydrogens is 440 g/mol. The van der Waals surface area contributed by atoms with Crippen molar-refractivity contribution in [2.45, 2.75) is 39.7 Å². The molecule has 1 amide bonds. The molecule has 33 heavy (non-hydrogen) atoms. The highest BCUT2D eigenvalue weighted by Crippen LogP contribution is 2.28. The number of benzene rings is 2. The van der Waals surface area contributed by atoms with Gasteiger partial charge in [0.05, 0.1) is 31.4 Å².